The van der Waals surface area contributed by atoms with Crippen molar-refractivity contribution in [2.45, 2.75) is 39.5 Å². The van der Waals surface area contributed by atoms with E-state index in [2.05, 4.69) is 34.4 Å². The molecule has 0 aliphatic carbocycles. The van der Waals surface area contributed by atoms with Crippen LogP contribution in [0.4, 0.5) is 0 Å². The number of carbonyl (C=O) groups is 1. The Morgan fingerprint density at radius 3 is 2.58 bits per heavy atom. The van der Waals surface area contributed by atoms with Gasteiger partial charge in [0.1, 0.15) is 0 Å². The van der Waals surface area contributed by atoms with Crippen LogP contribution in [0.15, 0.2) is 17.6 Å². The first-order valence-corrected chi connectivity index (χ1v) is 7.14. The van der Waals surface area contributed by atoms with Gasteiger partial charge in [0, 0.05) is 32.6 Å². The predicted octanol–water partition coefficient (Wildman–Crippen LogP) is 1.42. The minimum atomic E-state index is 0.0750. The molecule has 0 heterocycles. The van der Waals surface area contributed by atoms with E-state index in [9.17, 15) is 4.79 Å². The van der Waals surface area contributed by atoms with Gasteiger partial charge in [0.05, 0.1) is 0 Å². The molecule has 0 aromatic carbocycles. The lowest BCUT2D eigenvalue weighted by Crippen LogP contribution is -2.39. The fourth-order valence-corrected chi connectivity index (χ4v) is 1.34. The molecule has 0 unspecified atom stereocenters. The first-order valence-electron chi connectivity index (χ1n) is 7.14. The zero-order valence-electron chi connectivity index (χ0n) is 12.3. The number of hydrogen-bond donors (Lipinski definition) is 3. The van der Waals surface area contributed by atoms with Gasteiger partial charge in [0.25, 0.3) is 0 Å². The maximum absolute atomic E-state index is 11.4. The van der Waals surface area contributed by atoms with Gasteiger partial charge in [-0.2, -0.15) is 0 Å². The van der Waals surface area contributed by atoms with E-state index >= 15 is 0 Å². The molecule has 0 saturated heterocycles. The molecule has 0 bridgehead atoms. The van der Waals surface area contributed by atoms with E-state index in [-0.39, 0.29) is 5.91 Å². The summed E-state index contributed by atoms with van der Waals surface area (Å²) in [6.45, 7) is 10.6. The number of guanidine groups is 1. The van der Waals surface area contributed by atoms with Crippen LogP contribution in [0, 0.1) is 0 Å². The molecular weight excluding hydrogens is 240 g/mol. The summed E-state index contributed by atoms with van der Waals surface area (Å²) in [7, 11) is 0. The molecule has 5 heteroatoms. The zero-order chi connectivity index (χ0) is 14.3. The summed E-state index contributed by atoms with van der Waals surface area (Å²) < 4.78 is 0. The van der Waals surface area contributed by atoms with E-state index in [1.807, 2.05) is 6.92 Å². The first-order chi connectivity index (χ1) is 9.24. The Balaban J connectivity index is 3.93. The topological polar surface area (TPSA) is 65.5 Å². The Bertz CT molecular complexity index is 277. The molecule has 0 aromatic rings. The number of unbranched alkanes of at least 4 members (excludes halogenated alkanes) is 1. The molecule has 0 fully saturated rings. The molecular formula is C14H28N4O. The van der Waals surface area contributed by atoms with Crippen LogP contribution in [0.3, 0.4) is 0 Å². The van der Waals surface area contributed by atoms with Gasteiger partial charge >= 0.3 is 0 Å². The maximum atomic E-state index is 11.4. The summed E-state index contributed by atoms with van der Waals surface area (Å²) in [5.41, 5.74) is 0. The van der Waals surface area contributed by atoms with Crippen LogP contribution >= 0.6 is 0 Å². The average Bonchev–Trinajstić information content (AvgIpc) is 2.42. The van der Waals surface area contributed by atoms with Gasteiger partial charge in [-0.3, -0.25) is 9.79 Å². The fraction of sp³-hybridized carbons (Fsp3) is 0.714. The Labute approximate surface area is 117 Å². The van der Waals surface area contributed by atoms with E-state index in [1.165, 1.54) is 0 Å². The molecule has 3 N–H and O–H groups in total. The highest BCUT2D eigenvalue weighted by Gasteiger charge is 2.01. The van der Waals surface area contributed by atoms with Crippen molar-refractivity contribution in [2.24, 2.45) is 4.99 Å². The summed E-state index contributed by atoms with van der Waals surface area (Å²) in [5.74, 6) is 0.822. The van der Waals surface area contributed by atoms with E-state index in [0.717, 1.165) is 38.3 Å². The molecule has 0 atom stereocenters. The highest BCUT2D eigenvalue weighted by molar-refractivity contribution is 5.81. The Morgan fingerprint density at radius 1 is 1.16 bits per heavy atom. The lowest BCUT2D eigenvalue weighted by atomic mass is 10.3. The summed E-state index contributed by atoms with van der Waals surface area (Å²) in [5, 5.41) is 9.13. The van der Waals surface area contributed by atoms with Gasteiger partial charge in [-0.15, -0.1) is 6.58 Å². The number of hydrogen-bond acceptors (Lipinski definition) is 2. The van der Waals surface area contributed by atoms with Crippen LogP contribution in [0.1, 0.15) is 39.5 Å². The Morgan fingerprint density at radius 2 is 1.95 bits per heavy atom. The van der Waals surface area contributed by atoms with Crippen LogP contribution in [0.5, 0.6) is 0 Å². The minimum Gasteiger partial charge on any atom is -0.356 e. The molecule has 0 aliphatic rings. The maximum Gasteiger partial charge on any atom is 0.221 e. The number of nitrogens with one attached hydrogen (secondary N) is 3. The van der Waals surface area contributed by atoms with Crippen molar-refractivity contribution in [1.29, 1.82) is 0 Å². The zero-order valence-corrected chi connectivity index (χ0v) is 12.3. The Kier molecular flexibility index (Phi) is 11.9. The number of amides is 1. The third-order valence-corrected chi connectivity index (χ3v) is 2.41. The van der Waals surface area contributed by atoms with Crippen molar-refractivity contribution in [2.75, 3.05) is 26.2 Å². The lowest BCUT2D eigenvalue weighted by Gasteiger charge is -2.11. The number of carbonyl (C=O) groups excluding carboxylic acids is 1. The highest BCUT2D eigenvalue weighted by atomic mass is 16.1. The van der Waals surface area contributed by atoms with E-state index in [1.54, 1.807) is 6.08 Å². The molecule has 0 aromatic heterocycles. The minimum absolute atomic E-state index is 0.0750. The van der Waals surface area contributed by atoms with Crippen molar-refractivity contribution in [3.63, 3.8) is 0 Å². The van der Waals surface area contributed by atoms with Gasteiger partial charge in [0.2, 0.25) is 5.91 Å². The van der Waals surface area contributed by atoms with Gasteiger partial charge in [-0.05, 0) is 12.8 Å². The number of rotatable bonds is 10. The van der Waals surface area contributed by atoms with Crippen LogP contribution in [-0.4, -0.2) is 38.0 Å². The highest BCUT2D eigenvalue weighted by Crippen LogP contribution is 1.87. The van der Waals surface area contributed by atoms with Crippen molar-refractivity contribution in [3.8, 4) is 0 Å². The molecule has 0 radical (unpaired) electrons. The smallest absolute Gasteiger partial charge is 0.221 e. The van der Waals surface area contributed by atoms with Crippen LogP contribution in [0.25, 0.3) is 0 Å². The molecule has 0 aliphatic heterocycles. The first kappa shape index (κ1) is 17.5. The standard InChI is InChI=1S/C14H28N4O/c1-4-7-11-17-14(16-10-6-3)18-12-8-13(19)15-9-5-2/h6H,3-5,7-12H2,1-2H3,(H,15,19)(H2,16,17,18). The molecule has 0 saturated carbocycles. The van der Waals surface area contributed by atoms with Crippen molar-refractivity contribution in [1.82, 2.24) is 16.0 Å². The van der Waals surface area contributed by atoms with Crippen molar-refractivity contribution in [3.05, 3.63) is 12.7 Å². The number of aliphatic imine (C=N–C) groups is 1. The molecule has 110 valence electrons. The van der Waals surface area contributed by atoms with Crippen LogP contribution in [0.2, 0.25) is 0 Å². The van der Waals surface area contributed by atoms with E-state index < -0.39 is 0 Å². The third-order valence-electron chi connectivity index (χ3n) is 2.41. The van der Waals surface area contributed by atoms with Gasteiger partial charge in [-0.25, -0.2) is 0 Å². The van der Waals surface area contributed by atoms with Crippen LogP contribution < -0.4 is 16.0 Å². The largest absolute Gasteiger partial charge is 0.356 e. The summed E-state index contributed by atoms with van der Waals surface area (Å²) >= 11 is 0. The van der Waals surface area contributed by atoms with Crippen molar-refractivity contribution < 1.29 is 4.79 Å². The second-order valence-electron chi connectivity index (χ2n) is 4.28. The Hall–Kier alpha value is -1.52. The molecule has 0 spiro atoms. The van der Waals surface area contributed by atoms with E-state index in [0.29, 0.717) is 19.5 Å². The van der Waals surface area contributed by atoms with Gasteiger partial charge < -0.3 is 16.0 Å². The normalized spacial score (nSPS) is 10.9. The van der Waals surface area contributed by atoms with Gasteiger partial charge in [0.15, 0.2) is 5.96 Å². The summed E-state index contributed by atoms with van der Waals surface area (Å²) in [4.78, 5) is 15.9. The third kappa shape index (κ3) is 11.3. The second-order valence-corrected chi connectivity index (χ2v) is 4.28. The SMILES string of the molecule is C=CCNC(=NCCCC)NCCC(=O)NCCC. The quantitative estimate of drug-likeness (QED) is 0.243. The lowest BCUT2D eigenvalue weighted by molar-refractivity contribution is -0.120. The van der Waals surface area contributed by atoms with Gasteiger partial charge in [-0.1, -0.05) is 26.3 Å². The number of nitrogens with zero attached hydrogens (tertiary/aromatic N) is 1. The summed E-state index contributed by atoms with van der Waals surface area (Å²) in [6.07, 6.45) is 5.40. The fourth-order valence-electron chi connectivity index (χ4n) is 1.34. The van der Waals surface area contributed by atoms with Crippen molar-refractivity contribution >= 4 is 11.9 Å². The average molecular weight is 268 g/mol. The molecule has 5 nitrogen and oxygen atoms in total. The molecule has 1 amide bonds. The summed E-state index contributed by atoms with van der Waals surface area (Å²) in [6, 6.07) is 0. The monoisotopic (exact) mass is 268 g/mol. The molecule has 19 heavy (non-hydrogen) atoms. The predicted molar refractivity (Wildman–Crippen MR) is 81.3 cm³/mol. The molecule has 0 rings (SSSR count). The second kappa shape index (κ2) is 12.9. The van der Waals surface area contributed by atoms with Crippen LogP contribution in [-0.2, 0) is 4.79 Å². The van der Waals surface area contributed by atoms with E-state index in [4.69, 9.17) is 0 Å².